The molecule has 2 heterocycles. The summed E-state index contributed by atoms with van der Waals surface area (Å²) in [6, 6.07) is 4.29. The number of thiophene rings is 1. The monoisotopic (exact) mass is 478 g/mol. The number of aliphatic imine (C=N–C) groups is 1. The van der Waals surface area contributed by atoms with Gasteiger partial charge in [0.15, 0.2) is 5.96 Å². The van der Waals surface area contributed by atoms with E-state index in [4.69, 9.17) is 0 Å². The van der Waals surface area contributed by atoms with E-state index >= 15 is 0 Å². The van der Waals surface area contributed by atoms with Crippen molar-refractivity contribution in [3.05, 3.63) is 38.0 Å². The summed E-state index contributed by atoms with van der Waals surface area (Å²) in [7, 11) is 0. The van der Waals surface area contributed by atoms with Crippen molar-refractivity contribution in [2.75, 3.05) is 13.1 Å². The minimum absolute atomic E-state index is 0. The lowest BCUT2D eigenvalue weighted by molar-refractivity contribution is 0.781. The first kappa shape index (κ1) is 21.4. The fourth-order valence-electron chi connectivity index (χ4n) is 2.08. The summed E-state index contributed by atoms with van der Waals surface area (Å²) in [5, 5.41) is 10.1. The van der Waals surface area contributed by atoms with E-state index in [2.05, 4.69) is 65.8 Å². The lowest BCUT2D eigenvalue weighted by atomic mass is 10.2. The van der Waals surface area contributed by atoms with Gasteiger partial charge in [0.25, 0.3) is 0 Å². The van der Waals surface area contributed by atoms with Crippen molar-refractivity contribution in [3.63, 3.8) is 0 Å². The molecule has 2 rings (SSSR count). The number of hydrogen-bond acceptors (Lipinski definition) is 4. The van der Waals surface area contributed by atoms with Gasteiger partial charge in [0.05, 0.1) is 17.2 Å². The van der Waals surface area contributed by atoms with Crippen molar-refractivity contribution in [2.24, 2.45) is 4.99 Å². The van der Waals surface area contributed by atoms with Crippen LogP contribution in [0.3, 0.4) is 0 Å². The largest absolute Gasteiger partial charge is 0.357 e. The Morgan fingerprint density at radius 2 is 2.08 bits per heavy atom. The number of nitrogens with one attached hydrogen (secondary N) is 2. The third-order valence-corrected chi connectivity index (χ3v) is 5.45. The van der Waals surface area contributed by atoms with Crippen LogP contribution < -0.4 is 10.6 Å². The van der Waals surface area contributed by atoms with Crippen LogP contribution >= 0.6 is 46.7 Å². The van der Waals surface area contributed by atoms with Crippen molar-refractivity contribution in [1.82, 2.24) is 15.6 Å². The second kappa shape index (κ2) is 11.0. The summed E-state index contributed by atoms with van der Waals surface area (Å²) in [6.45, 7) is 11.0. The number of aryl methyl sites for hydroxylation is 1. The molecule has 0 aliphatic rings. The predicted octanol–water partition coefficient (Wildman–Crippen LogP) is 4.55. The number of aromatic nitrogens is 1. The molecule has 134 valence electrons. The molecule has 0 atom stereocenters. The van der Waals surface area contributed by atoms with Gasteiger partial charge in [-0.2, -0.15) is 0 Å². The second-order valence-corrected chi connectivity index (χ2v) is 7.98. The molecule has 7 heteroatoms. The van der Waals surface area contributed by atoms with Crippen LogP contribution in [0.1, 0.15) is 47.1 Å². The Bertz CT molecular complexity index is 634. The van der Waals surface area contributed by atoms with Crippen LogP contribution in [0.2, 0.25) is 0 Å². The number of halogens is 1. The standard InChI is InChI=1S/C17H26N4S2.HI/c1-5-18-17(20-10-15-7-6-13(4)23-15)19-9-8-14-11-22-16(21-14)12(2)3;/h6-7,11-12H,5,8-10H2,1-4H3,(H2,18,19,20);1H. The van der Waals surface area contributed by atoms with Gasteiger partial charge in [-0.1, -0.05) is 13.8 Å². The second-order valence-electron chi connectivity index (χ2n) is 5.72. The van der Waals surface area contributed by atoms with Crippen molar-refractivity contribution in [1.29, 1.82) is 0 Å². The third-order valence-electron chi connectivity index (χ3n) is 3.27. The van der Waals surface area contributed by atoms with Crippen molar-refractivity contribution >= 4 is 52.6 Å². The molecule has 0 saturated heterocycles. The molecule has 0 aliphatic heterocycles. The van der Waals surface area contributed by atoms with Crippen LogP contribution in [0.4, 0.5) is 0 Å². The predicted molar refractivity (Wildman–Crippen MR) is 117 cm³/mol. The highest BCUT2D eigenvalue weighted by atomic mass is 127. The summed E-state index contributed by atoms with van der Waals surface area (Å²) in [4.78, 5) is 11.9. The maximum atomic E-state index is 4.67. The number of hydrogen-bond donors (Lipinski definition) is 2. The fraction of sp³-hybridized carbons (Fsp3) is 0.529. The van der Waals surface area contributed by atoms with E-state index in [1.165, 1.54) is 14.8 Å². The molecule has 0 amide bonds. The zero-order valence-corrected chi connectivity index (χ0v) is 18.7. The van der Waals surface area contributed by atoms with E-state index in [1.807, 2.05) is 0 Å². The molecule has 2 N–H and O–H groups in total. The fourth-order valence-corrected chi connectivity index (χ4v) is 3.76. The lowest BCUT2D eigenvalue weighted by Gasteiger charge is -2.10. The van der Waals surface area contributed by atoms with Gasteiger partial charge in [0.1, 0.15) is 0 Å². The van der Waals surface area contributed by atoms with E-state index in [0.29, 0.717) is 5.92 Å². The van der Waals surface area contributed by atoms with Gasteiger partial charge in [-0.15, -0.1) is 46.7 Å². The first-order chi connectivity index (χ1) is 11.1. The van der Waals surface area contributed by atoms with Crippen molar-refractivity contribution < 1.29 is 0 Å². The average Bonchev–Trinajstić information content (AvgIpc) is 3.14. The molecule has 2 aromatic heterocycles. The maximum absolute atomic E-state index is 4.67. The first-order valence-electron chi connectivity index (χ1n) is 8.10. The molecule has 0 bridgehead atoms. The van der Waals surface area contributed by atoms with Crippen molar-refractivity contribution in [3.8, 4) is 0 Å². The Kier molecular flexibility index (Phi) is 9.84. The van der Waals surface area contributed by atoms with E-state index in [-0.39, 0.29) is 24.0 Å². The SMILES string of the molecule is CCNC(=NCc1ccc(C)s1)NCCc1csc(C(C)C)n1.I. The lowest BCUT2D eigenvalue weighted by Crippen LogP contribution is -2.38. The van der Waals surface area contributed by atoms with Gasteiger partial charge in [-0.05, 0) is 26.0 Å². The summed E-state index contributed by atoms with van der Waals surface area (Å²) in [5.74, 6) is 1.38. The first-order valence-corrected chi connectivity index (χ1v) is 9.80. The van der Waals surface area contributed by atoms with Crippen LogP contribution in [0.5, 0.6) is 0 Å². The number of rotatable bonds is 7. The smallest absolute Gasteiger partial charge is 0.191 e. The Hall–Kier alpha value is -0.670. The minimum atomic E-state index is 0. The summed E-state index contributed by atoms with van der Waals surface area (Å²) >= 11 is 3.56. The van der Waals surface area contributed by atoms with Gasteiger partial charge in [-0.25, -0.2) is 9.98 Å². The average molecular weight is 478 g/mol. The zero-order valence-electron chi connectivity index (χ0n) is 14.8. The van der Waals surface area contributed by atoms with Crippen LogP contribution in [0, 0.1) is 6.92 Å². The molecule has 0 aliphatic carbocycles. The van der Waals surface area contributed by atoms with Crippen LogP contribution in [0.25, 0.3) is 0 Å². The van der Waals surface area contributed by atoms with E-state index in [9.17, 15) is 0 Å². The normalized spacial score (nSPS) is 11.5. The molecular weight excluding hydrogens is 451 g/mol. The molecule has 0 unspecified atom stereocenters. The number of guanidine groups is 1. The Morgan fingerprint density at radius 3 is 2.67 bits per heavy atom. The Balaban J connectivity index is 0.00000288. The van der Waals surface area contributed by atoms with Crippen LogP contribution in [-0.2, 0) is 13.0 Å². The van der Waals surface area contributed by atoms with Gasteiger partial charge in [-0.3, -0.25) is 0 Å². The number of thiazole rings is 1. The van der Waals surface area contributed by atoms with Crippen LogP contribution in [0.15, 0.2) is 22.5 Å². The highest BCUT2D eigenvalue weighted by Gasteiger charge is 2.06. The summed E-state index contributed by atoms with van der Waals surface area (Å²) < 4.78 is 0. The molecular formula is C17H27IN4S2. The van der Waals surface area contributed by atoms with E-state index < -0.39 is 0 Å². The highest BCUT2D eigenvalue weighted by molar-refractivity contribution is 14.0. The zero-order chi connectivity index (χ0) is 16.7. The molecule has 0 spiro atoms. The van der Waals surface area contributed by atoms with Crippen LogP contribution in [-0.4, -0.2) is 24.0 Å². The minimum Gasteiger partial charge on any atom is -0.357 e. The molecule has 0 radical (unpaired) electrons. The maximum Gasteiger partial charge on any atom is 0.191 e. The Labute approximate surface area is 170 Å². The highest BCUT2D eigenvalue weighted by Crippen LogP contribution is 2.19. The topological polar surface area (TPSA) is 49.3 Å². The molecule has 0 fully saturated rings. The van der Waals surface area contributed by atoms with Gasteiger partial charge in [0.2, 0.25) is 0 Å². The summed E-state index contributed by atoms with van der Waals surface area (Å²) in [6.07, 6.45) is 0.922. The van der Waals surface area contributed by atoms with Gasteiger partial charge < -0.3 is 10.6 Å². The molecule has 24 heavy (non-hydrogen) atoms. The number of nitrogens with zero attached hydrogens (tertiary/aromatic N) is 2. The molecule has 4 nitrogen and oxygen atoms in total. The van der Waals surface area contributed by atoms with Gasteiger partial charge >= 0.3 is 0 Å². The van der Waals surface area contributed by atoms with Crippen molar-refractivity contribution in [2.45, 2.75) is 46.6 Å². The van der Waals surface area contributed by atoms with E-state index in [0.717, 1.165) is 37.7 Å². The third kappa shape index (κ3) is 7.06. The molecule has 0 aromatic carbocycles. The quantitative estimate of drug-likeness (QED) is 0.349. The van der Waals surface area contributed by atoms with Gasteiger partial charge in [0, 0.05) is 40.6 Å². The summed E-state index contributed by atoms with van der Waals surface area (Å²) in [5.41, 5.74) is 1.16. The molecule has 2 aromatic rings. The Morgan fingerprint density at radius 1 is 1.29 bits per heavy atom. The van der Waals surface area contributed by atoms with E-state index in [1.54, 1.807) is 22.7 Å². The molecule has 0 saturated carbocycles.